The summed E-state index contributed by atoms with van der Waals surface area (Å²) >= 11 is 0. The summed E-state index contributed by atoms with van der Waals surface area (Å²) < 4.78 is 33.3. The molecule has 0 saturated heterocycles. The molecule has 0 radical (unpaired) electrons. The highest BCUT2D eigenvalue weighted by Gasteiger charge is 2.75. The number of rotatable bonds is 6. The molecule has 0 unspecified atom stereocenters. The van der Waals surface area contributed by atoms with E-state index >= 15 is 0 Å². The third kappa shape index (κ3) is 3.97. The summed E-state index contributed by atoms with van der Waals surface area (Å²) in [5.74, 6) is -4.72. The number of methoxy groups -OCH3 is 3. The number of ketones is 1. The summed E-state index contributed by atoms with van der Waals surface area (Å²) in [5, 5.41) is 24.7. The summed E-state index contributed by atoms with van der Waals surface area (Å²) in [6.45, 7) is 4.29. The number of esters is 3. The van der Waals surface area contributed by atoms with Crippen molar-refractivity contribution in [2.45, 2.75) is 63.1 Å². The highest BCUT2D eigenvalue weighted by molar-refractivity contribution is 6.17. The second kappa shape index (κ2) is 9.69. The lowest BCUT2D eigenvalue weighted by molar-refractivity contribution is -0.268. The maximum absolute atomic E-state index is 14.3. The van der Waals surface area contributed by atoms with Crippen LogP contribution in [0.15, 0.2) is 18.2 Å². The molecule has 12 nitrogen and oxygen atoms in total. The summed E-state index contributed by atoms with van der Waals surface area (Å²) in [6.07, 6.45) is -5.27. The number of hydrogen-bond acceptors (Lipinski definition) is 12. The first-order valence-electron chi connectivity index (χ1n) is 12.0. The molecule has 1 saturated carbocycles. The minimum absolute atomic E-state index is 0.0119. The third-order valence-electron chi connectivity index (χ3n) is 7.26. The zero-order valence-electron chi connectivity index (χ0n) is 22.5. The Kier molecular flexibility index (Phi) is 6.98. The molecule has 6 atom stereocenters. The van der Waals surface area contributed by atoms with Gasteiger partial charge in [0.2, 0.25) is 5.78 Å². The Bertz CT molecular complexity index is 1380. The summed E-state index contributed by atoms with van der Waals surface area (Å²) in [7, 11) is 4.09. The SMILES string of the molecule is COc1c2c(c(OC)c3c(OC)cccc13)C(=O)[C@@]1(O)[C@@H]2[C@H](OC(C)=O)[C@@H](OC(C)=O)[C@](C)(O)[C@@H]1OC(C)=O. The van der Waals surface area contributed by atoms with Gasteiger partial charge in [-0.05, 0) is 13.0 Å². The van der Waals surface area contributed by atoms with Crippen LogP contribution in [0.5, 0.6) is 17.2 Å². The van der Waals surface area contributed by atoms with Gasteiger partial charge in [-0.15, -0.1) is 0 Å². The fourth-order valence-corrected chi connectivity index (χ4v) is 6.00. The lowest BCUT2D eigenvalue weighted by atomic mass is 9.63. The highest BCUT2D eigenvalue weighted by atomic mass is 16.6. The van der Waals surface area contributed by atoms with Gasteiger partial charge in [0.05, 0.1) is 38.2 Å². The van der Waals surface area contributed by atoms with E-state index in [2.05, 4.69) is 0 Å². The van der Waals surface area contributed by atoms with Crippen LogP contribution in [0.25, 0.3) is 10.8 Å². The van der Waals surface area contributed by atoms with E-state index in [9.17, 15) is 29.4 Å². The van der Waals surface area contributed by atoms with Crippen LogP contribution >= 0.6 is 0 Å². The van der Waals surface area contributed by atoms with Crippen molar-refractivity contribution in [3.63, 3.8) is 0 Å². The minimum Gasteiger partial charge on any atom is -0.496 e. The van der Waals surface area contributed by atoms with Crippen molar-refractivity contribution in [2.75, 3.05) is 21.3 Å². The maximum Gasteiger partial charge on any atom is 0.303 e. The molecule has 210 valence electrons. The van der Waals surface area contributed by atoms with E-state index in [0.29, 0.717) is 16.5 Å². The molecular weight excluding hydrogens is 516 g/mol. The van der Waals surface area contributed by atoms with Crippen LogP contribution < -0.4 is 14.2 Å². The average Bonchev–Trinajstić information content (AvgIpc) is 3.09. The van der Waals surface area contributed by atoms with E-state index in [4.69, 9.17) is 28.4 Å². The third-order valence-corrected chi connectivity index (χ3v) is 7.26. The summed E-state index contributed by atoms with van der Waals surface area (Å²) in [5.41, 5.74) is -5.22. The Hall–Kier alpha value is -3.90. The monoisotopic (exact) mass is 546 g/mol. The normalized spacial score (nSPS) is 29.2. The van der Waals surface area contributed by atoms with E-state index in [1.54, 1.807) is 18.2 Å². The maximum atomic E-state index is 14.3. The number of benzene rings is 2. The molecule has 0 bridgehead atoms. The number of Topliss-reactive ketones (excluding diaryl/α,β-unsaturated/α-hetero) is 1. The summed E-state index contributed by atoms with van der Waals surface area (Å²) in [4.78, 5) is 51.0. The van der Waals surface area contributed by atoms with Gasteiger partial charge in [-0.3, -0.25) is 19.2 Å². The van der Waals surface area contributed by atoms with Crippen molar-refractivity contribution in [1.29, 1.82) is 0 Å². The van der Waals surface area contributed by atoms with Gasteiger partial charge < -0.3 is 38.6 Å². The number of fused-ring (bicyclic) bond motifs is 4. The number of ether oxygens (including phenoxy) is 6. The van der Waals surface area contributed by atoms with Crippen molar-refractivity contribution in [2.24, 2.45) is 0 Å². The first-order chi connectivity index (χ1) is 18.3. The van der Waals surface area contributed by atoms with E-state index in [-0.39, 0.29) is 22.6 Å². The first kappa shape index (κ1) is 28.1. The average molecular weight is 547 g/mol. The molecule has 0 spiro atoms. The Balaban J connectivity index is 2.19. The van der Waals surface area contributed by atoms with Gasteiger partial charge in [0, 0.05) is 31.7 Å². The molecule has 1 fully saturated rings. The molecule has 2 aromatic carbocycles. The van der Waals surface area contributed by atoms with Crippen LogP contribution in [0, 0.1) is 0 Å². The van der Waals surface area contributed by atoms with E-state index in [1.807, 2.05) is 0 Å². The zero-order valence-corrected chi connectivity index (χ0v) is 22.5. The molecule has 12 heteroatoms. The smallest absolute Gasteiger partial charge is 0.303 e. The second-order valence-corrected chi connectivity index (χ2v) is 9.69. The van der Waals surface area contributed by atoms with Gasteiger partial charge in [-0.2, -0.15) is 0 Å². The predicted octanol–water partition coefficient (Wildman–Crippen LogP) is 1.44. The molecule has 4 rings (SSSR count). The van der Waals surface area contributed by atoms with Crippen molar-refractivity contribution < 1.29 is 57.8 Å². The molecule has 0 aliphatic heterocycles. The van der Waals surface area contributed by atoms with Gasteiger partial charge in [0.25, 0.3) is 0 Å². The highest BCUT2D eigenvalue weighted by Crippen LogP contribution is 2.61. The number of hydrogen-bond donors (Lipinski definition) is 2. The Morgan fingerprint density at radius 3 is 1.95 bits per heavy atom. The van der Waals surface area contributed by atoms with E-state index in [0.717, 1.165) is 27.7 Å². The number of carbonyl (C=O) groups is 4. The number of carbonyl (C=O) groups excluding carboxylic acids is 4. The zero-order chi connectivity index (χ0) is 29.0. The van der Waals surface area contributed by atoms with Crippen LogP contribution in [0.2, 0.25) is 0 Å². The fraction of sp³-hybridized carbons (Fsp3) is 0.481. The van der Waals surface area contributed by atoms with Crippen molar-refractivity contribution >= 4 is 34.5 Å². The molecule has 2 N–H and O–H groups in total. The first-order valence-corrected chi connectivity index (χ1v) is 12.0. The van der Waals surface area contributed by atoms with Crippen molar-refractivity contribution in [3.05, 3.63) is 29.3 Å². The molecule has 39 heavy (non-hydrogen) atoms. The Morgan fingerprint density at radius 1 is 0.846 bits per heavy atom. The van der Waals surface area contributed by atoms with Crippen LogP contribution in [0.3, 0.4) is 0 Å². The van der Waals surface area contributed by atoms with Gasteiger partial charge >= 0.3 is 17.9 Å². The van der Waals surface area contributed by atoms with Crippen LogP contribution in [-0.2, 0) is 28.6 Å². The fourth-order valence-electron chi connectivity index (χ4n) is 6.00. The van der Waals surface area contributed by atoms with Crippen LogP contribution in [-0.4, -0.2) is 84.7 Å². The summed E-state index contributed by atoms with van der Waals surface area (Å²) in [6, 6.07) is 4.99. The Morgan fingerprint density at radius 2 is 1.44 bits per heavy atom. The van der Waals surface area contributed by atoms with Crippen LogP contribution in [0.4, 0.5) is 0 Å². The standard InChI is InChI=1S/C27H30O12/c1-11(28)37-22-19-17-18(21(36-7)16-14(20(17)35-6)9-8-10-15(16)34-5)23(31)27(19,33)25(39-13(3)30)26(4,32)24(22)38-12(2)29/h8-10,19,22,24-25,32-33H,1-7H3/t19-,22-,24+,25-,26-,27-/m0/s1. The molecule has 0 aromatic heterocycles. The predicted molar refractivity (Wildman–Crippen MR) is 133 cm³/mol. The van der Waals surface area contributed by atoms with E-state index in [1.165, 1.54) is 21.3 Å². The molecule has 0 heterocycles. The lowest BCUT2D eigenvalue weighted by Gasteiger charge is -2.53. The molecule has 0 amide bonds. The largest absolute Gasteiger partial charge is 0.496 e. The topological polar surface area (TPSA) is 164 Å². The molecular formula is C27H30O12. The quantitative estimate of drug-likeness (QED) is 0.396. The lowest BCUT2D eigenvalue weighted by Crippen LogP contribution is -2.74. The molecule has 2 aliphatic rings. The number of aliphatic hydroxyl groups is 2. The van der Waals surface area contributed by atoms with Crippen LogP contribution in [0.1, 0.15) is 49.5 Å². The van der Waals surface area contributed by atoms with Gasteiger partial charge in [-0.25, -0.2) is 0 Å². The Labute approximate surface area is 223 Å². The van der Waals surface area contributed by atoms with Gasteiger partial charge in [0.15, 0.2) is 23.9 Å². The minimum atomic E-state index is -2.71. The van der Waals surface area contributed by atoms with E-state index < -0.39 is 59.1 Å². The van der Waals surface area contributed by atoms with Gasteiger partial charge in [-0.1, -0.05) is 12.1 Å². The van der Waals surface area contributed by atoms with Gasteiger partial charge in [0.1, 0.15) is 22.8 Å². The second-order valence-electron chi connectivity index (χ2n) is 9.69. The van der Waals surface area contributed by atoms with Crippen molar-refractivity contribution in [1.82, 2.24) is 0 Å². The van der Waals surface area contributed by atoms with Crippen molar-refractivity contribution in [3.8, 4) is 17.2 Å². The molecule has 2 aliphatic carbocycles. The molecule has 2 aromatic rings.